The highest BCUT2D eigenvalue weighted by atomic mass is 14.7. The third-order valence-corrected chi connectivity index (χ3v) is 3.21. The summed E-state index contributed by atoms with van der Waals surface area (Å²) in [4.78, 5) is 3.60. The number of aryl methyl sites for hydroxylation is 2. The van der Waals surface area contributed by atoms with Crippen LogP contribution >= 0.6 is 0 Å². The van der Waals surface area contributed by atoms with Crippen LogP contribution in [0.4, 0.5) is 0 Å². The van der Waals surface area contributed by atoms with Crippen LogP contribution < -0.4 is 5.73 Å². The Bertz CT molecular complexity index is 471. The van der Waals surface area contributed by atoms with Crippen molar-refractivity contribution in [3.8, 4) is 0 Å². The number of rotatable bonds is 6. The van der Waals surface area contributed by atoms with Crippen molar-refractivity contribution in [3.05, 3.63) is 71.8 Å². The van der Waals surface area contributed by atoms with Gasteiger partial charge in [0.1, 0.15) is 0 Å². The SMILES string of the molecule is C=C/C=C\C=C(\C)CC.C=NCCC.CCc1ccccc1C.CN. The maximum Gasteiger partial charge on any atom is 0.0379 e. The Hall–Kier alpha value is -1.93. The molecular weight excluding hydrogens is 304 g/mol. The minimum atomic E-state index is 0.903. The summed E-state index contributed by atoms with van der Waals surface area (Å²) >= 11 is 0. The van der Waals surface area contributed by atoms with E-state index in [2.05, 4.69) is 89.0 Å². The molecule has 0 aliphatic carbocycles. The second-order valence-electron chi connectivity index (χ2n) is 5.21. The Morgan fingerprint density at radius 2 is 1.72 bits per heavy atom. The van der Waals surface area contributed by atoms with E-state index in [0.717, 1.165) is 25.8 Å². The fourth-order valence-electron chi connectivity index (χ4n) is 1.58. The van der Waals surface area contributed by atoms with Gasteiger partial charge in [-0.05, 0) is 58.0 Å². The van der Waals surface area contributed by atoms with Crippen molar-refractivity contribution < 1.29 is 0 Å². The van der Waals surface area contributed by atoms with Crippen molar-refractivity contribution in [2.75, 3.05) is 13.6 Å². The quantitative estimate of drug-likeness (QED) is 0.476. The number of hydrogen-bond donors (Lipinski definition) is 1. The highest BCUT2D eigenvalue weighted by Crippen LogP contribution is 2.06. The van der Waals surface area contributed by atoms with E-state index in [1.54, 1.807) is 6.08 Å². The van der Waals surface area contributed by atoms with Crippen LogP contribution in [-0.4, -0.2) is 20.3 Å². The average molecular weight is 345 g/mol. The zero-order chi connectivity index (χ0) is 19.9. The molecule has 0 aliphatic heterocycles. The predicted molar refractivity (Wildman–Crippen MR) is 119 cm³/mol. The fraction of sp³-hybridized carbons (Fsp3) is 0.435. The molecule has 0 aromatic heterocycles. The van der Waals surface area contributed by atoms with E-state index >= 15 is 0 Å². The van der Waals surface area contributed by atoms with Crippen molar-refractivity contribution in [2.24, 2.45) is 10.7 Å². The van der Waals surface area contributed by atoms with Crippen LogP contribution in [0, 0.1) is 6.92 Å². The molecule has 0 saturated carbocycles. The molecule has 142 valence electrons. The van der Waals surface area contributed by atoms with Gasteiger partial charge in [-0.1, -0.05) is 81.5 Å². The molecule has 2 nitrogen and oxygen atoms in total. The van der Waals surface area contributed by atoms with Crippen LogP contribution in [0.3, 0.4) is 0 Å². The maximum atomic E-state index is 4.50. The lowest BCUT2D eigenvalue weighted by Gasteiger charge is -1.98. The second-order valence-corrected chi connectivity index (χ2v) is 5.21. The molecule has 25 heavy (non-hydrogen) atoms. The largest absolute Gasteiger partial charge is 0.333 e. The lowest BCUT2D eigenvalue weighted by Crippen LogP contribution is -1.82. The molecule has 2 heteroatoms. The molecule has 1 aromatic carbocycles. The molecular formula is C23H40N2. The molecule has 0 amide bonds. The first-order valence-corrected chi connectivity index (χ1v) is 9.06. The molecule has 0 unspecified atom stereocenters. The van der Waals surface area contributed by atoms with E-state index in [0.29, 0.717) is 0 Å². The number of benzene rings is 1. The predicted octanol–water partition coefficient (Wildman–Crippen LogP) is 6.31. The van der Waals surface area contributed by atoms with Gasteiger partial charge in [-0.25, -0.2) is 0 Å². The monoisotopic (exact) mass is 344 g/mol. The first kappa shape index (κ1) is 27.9. The Morgan fingerprint density at radius 1 is 1.12 bits per heavy atom. The van der Waals surface area contributed by atoms with Gasteiger partial charge in [0.2, 0.25) is 0 Å². The van der Waals surface area contributed by atoms with E-state index in [-0.39, 0.29) is 0 Å². The van der Waals surface area contributed by atoms with Crippen LogP contribution in [0.1, 0.15) is 51.7 Å². The summed E-state index contributed by atoms with van der Waals surface area (Å²) < 4.78 is 0. The van der Waals surface area contributed by atoms with Gasteiger partial charge in [-0.15, -0.1) is 0 Å². The van der Waals surface area contributed by atoms with Gasteiger partial charge < -0.3 is 10.7 Å². The van der Waals surface area contributed by atoms with Crippen molar-refractivity contribution in [2.45, 2.75) is 53.9 Å². The zero-order valence-electron chi connectivity index (χ0n) is 17.4. The zero-order valence-corrected chi connectivity index (χ0v) is 17.4. The number of allylic oxidation sites excluding steroid dienone is 5. The van der Waals surface area contributed by atoms with Gasteiger partial charge in [0.25, 0.3) is 0 Å². The van der Waals surface area contributed by atoms with E-state index in [4.69, 9.17) is 0 Å². The Labute approximate surface area is 157 Å². The molecule has 0 fully saturated rings. The molecule has 0 saturated heterocycles. The minimum absolute atomic E-state index is 0.903. The van der Waals surface area contributed by atoms with E-state index in [1.165, 1.54) is 23.7 Å². The summed E-state index contributed by atoms with van der Waals surface area (Å²) in [7, 11) is 1.50. The van der Waals surface area contributed by atoms with Crippen molar-refractivity contribution in [3.63, 3.8) is 0 Å². The van der Waals surface area contributed by atoms with Crippen molar-refractivity contribution in [1.29, 1.82) is 0 Å². The Morgan fingerprint density at radius 3 is 2.04 bits per heavy atom. The van der Waals surface area contributed by atoms with Crippen LogP contribution in [0.2, 0.25) is 0 Å². The third-order valence-electron chi connectivity index (χ3n) is 3.21. The molecule has 0 aliphatic rings. The average Bonchev–Trinajstić information content (AvgIpc) is 2.65. The molecule has 0 bridgehead atoms. The number of hydrogen-bond acceptors (Lipinski definition) is 2. The highest BCUT2D eigenvalue weighted by molar-refractivity contribution is 5.25. The number of nitrogens with zero attached hydrogens (tertiary/aromatic N) is 1. The van der Waals surface area contributed by atoms with Gasteiger partial charge >= 0.3 is 0 Å². The van der Waals surface area contributed by atoms with Crippen LogP contribution in [0.5, 0.6) is 0 Å². The molecule has 1 aromatic rings. The lowest BCUT2D eigenvalue weighted by atomic mass is 10.1. The molecule has 0 heterocycles. The summed E-state index contributed by atoms with van der Waals surface area (Å²) in [6, 6.07) is 8.49. The topological polar surface area (TPSA) is 38.4 Å². The van der Waals surface area contributed by atoms with E-state index in [1.807, 2.05) is 12.2 Å². The number of nitrogens with two attached hydrogens (primary N) is 1. The molecule has 2 N–H and O–H groups in total. The highest BCUT2D eigenvalue weighted by Gasteiger charge is 1.89. The van der Waals surface area contributed by atoms with Gasteiger partial charge in [0.15, 0.2) is 0 Å². The van der Waals surface area contributed by atoms with E-state index in [9.17, 15) is 0 Å². The normalized spacial score (nSPS) is 9.64. The number of aliphatic imine (C=N–C) groups is 1. The van der Waals surface area contributed by atoms with Gasteiger partial charge in [-0.3, -0.25) is 0 Å². The Balaban J connectivity index is -0.000000287. The van der Waals surface area contributed by atoms with Gasteiger partial charge in [-0.2, -0.15) is 0 Å². The molecule has 1 rings (SSSR count). The molecule has 0 radical (unpaired) electrons. The third kappa shape index (κ3) is 22.1. The second kappa shape index (κ2) is 24.3. The minimum Gasteiger partial charge on any atom is -0.333 e. The van der Waals surface area contributed by atoms with Crippen LogP contribution in [-0.2, 0) is 6.42 Å². The summed E-state index contributed by atoms with van der Waals surface area (Å²) in [6.07, 6.45) is 11.2. The molecule has 0 spiro atoms. The summed E-state index contributed by atoms with van der Waals surface area (Å²) in [5.74, 6) is 0. The van der Waals surface area contributed by atoms with Gasteiger partial charge in [0.05, 0.1) is 0 Å². The van der Waals surface area contributed by atoms with Crippen molar-refractivity contribution >= 4 is 6.72 Å². The fourth-order valence-corrected chi connectivity index (χ4v) is 1.58. The maximum absolute atomic E-state index is 4.50. The van der Waals surface area contributed by atoms with E-state index < -0.39 is 0 Å². The van der Waals surface area contributed by atoms with Crippen LogP contribution in [0.25, 0.3) is 0 Å². The summed E-state index contributed by atoms with van der Waals surface area (Å²) in [6.45, 7) is 18.4. The summed E-state index contributed by atoms with van der Waals surface area (Å²) in [5.41, 5.74) is 8.76. The first-order chi connectivity index (χ1) is 12.1. The van der Waals surface area contributed by atoms with Gasteiger partial charge in [0, 0.05) is 6.54 Å². The smallest absolute Gasteiger partial charge is 0.0379 e. The van der Waals surface area contributed by atoms with Crippen LogP contribution in [0.15, 0.2) is 65.7 Å². The first-order valence-electron chi connectivity index (χ1n) is 9.06. The molecule has 0 atom stereocenters. The summed E-state index contributed by atoms with van der Waals surface area (Å²) in [5, 5.41) is 0. The Kier molecular flexibility index (Phi) is 27.1. The lowest BCUT2D eigenvalue weighted by molar-refractivity contribution is 0.940. The standard InChI is InChI=1S/C9H12.C9H14.C4H9N.CH5N/c1-3-9-7-5-4-6-8(9)2;1-4-6-7-8-9(3)5-2;1-3-4-5-2;1-2/h4-7H,3H2,1-2H3;4,6-8H,1,5H2,2-3H3;2-4H2,1H3;2H2,1H3/b;7-6-,9-8-;;. The van der Waals surface area contributed by atoms with Crippen molar-refractivity contribution in [1.82, 2.24) is 0 Å².